The summed E-state index contributed by atoms with van der Waals surface area (Å²) in [6.45, 7) is 0.0440. The molecule has 0 saturated carbocycles. The number of rotatable bonds is 9. The van der Waals surface area contributed by atoms with E-state index >= 15 is 0 Å². The maximum Gasteiger partial charge on any atom is 0.325 e. The van der Waals surface area contributed by atoms with Crippen molar-refractivity contribution < 1.29 is 23.8 Å². The largest absolute Gasteiger partial charge is 0.491 e. The first-order valence-corrected chi connectivity index (χ1v) is 12.8. The van der Waals surface area contributed by atoms with E-state index in [1.165, 1.54) is 17.2 Å². The van der Waals surface area contributed by atoms with Gasteiger partial charge in [-0.1, -0.05) is 58.4 Å². The van der Waals surface area contributed by atoms with Gasteiger partial charge in [0.1, 0.15) is 36.1 Å². The standard InChI is InChI=1S/C28H24BrFN4O4/c29-19-8-11-21(22(30)15-19)23-16-31-26(32-23)24(14-17-4-2-1-3-5-17)34-27(36)25(33-28(34)37)18-6-9-20(10-7-18)38-13-12-35/h1-11,15-16,24-25,35H,12-14H2,(H,31,32)(H,33,37)/t24-,25+/m0/s1. The summed E-state index contributed by atoms with van der Waals surface area (Å²) in [5, 5.41) is 11.7. The highest BCUT2D eigenvalue weighted by atomic mass is 79.9. The number of ether oxygens (including phenoxy) is 1. The van der Waals surface area contributed by atoms with E-state index in [2.05, 4.69) is 31.2 Å². The number of carbonyl (C=O) groups is 2. The topological polar surface area (TPSA) is 108 Å². The van der Waals surface area contributed by atoms with Crippen LogP contribution in [0.5, 0.6) is 5.75 Å². The number of nitrogens with zero attached hydrogens (tertiary/aromatic N) is 2. The van der Waals surface area contributed by atoms with Crippen LogP contribution >= 0.6 is 15.9 Å². The molecule has 0 bridgehead atoms. The second-order valence-corrected chi connectivity index (χ2v) is 9.66. The number of halogens is 2. The van der Waals surface area contributed by atoms with Crippen molar-refractivity contribution in [3.05, 3.63) is 106 Å². The van der Waals surface area contributed by atoms with E-state index in [1.54, 1.807) is 36.4 Å². The Balaban J connectivity index is 1.46. The molecule has 3 amide bonds. The van der Waals surface area contributed by atoms with Crippen LogP contribution in [0.2, 0.25) is 0 Å². The second kappa shape index (κ2) is 11.2. The summed E-state index contributed by atoms with van der Waals surface area (Å²) in [5.41, 5.74) is 2.26. The molecule has 1 saturated heterocycles. The highest BCUT2D eigenvalue weighted by Gasteiger charge is 2.44. The van der Waals surface area contributed by atoms with E-state index in [0.29, 0.717) is 39.3 Å². The molecule has 0 aliphatic carbocycles. The van der Waals surface area contributed by atoms with Crippen LogP contribution in [-0.4, -0.2) is 45.1 Å². The highest BCUT2D eigenvalue weighted by Crippen LogP contribution is 2.33. The van der Waals surface area contributed by atoms with Gasteiger partial charge in [-0.15, -0.1) is 0 Å². The smallest absolute Gasteiger partial charge is 0.325 e. The van der Waals surface area contributed by atoms with E-state index in [1.807, 2.05) is 30.3 Å². The fourth-order valence-corrected chi connectivity index (χ4v) is 4.77. The van der Waals surface area contributed by atoms with Crippen LogP contribution < -0.4 is 10.1 Å². The summed E-state index contributed by atoms with van der Waals surface area (Å²) in [4.78, 5) is 35.6. The van der Waals surface area contributed by atoms with Crippen LogP contribution in [0.1, 0.15) is 29.0 Å². The number of benzene rings is 3. The van der Waals surface area contributed by atoms with Crippen molar-refractivity contribution in [3.8, 4) is 17.0 Å². The Hall–Kier alpha value is -4.02. The van der Waals surface area contributed by atoms with Gasteiger partial charge in [0.2, 0.25) is 0 Å². The van der Waals surface area contributed by atoms with E-state index < -0.39 is 29.8 Å². The van der Waals surface area contributed by atoms with E-state index in [0.717, 1.165) is 5.56 Å². The molecule has 38 heavy (non-hydrogen) atoms. The van der Waals surface area contributed by atoms with Crippen LogP contribution in [0.25, 0.3) is 11.3 Å². The molecule has 194 valence electrons. The van der Waals surface area contributed by atoms with Crippen molar-refractivity contribution >= 4 is 27.9 Å². The van der Waals surface area contributed by atoms with Gasteiger partial charge < -0.3 is 20.1 Å². The maximum absolute atomic E-state index is 14.6. The number of aromatic amines is 1. The number of urea groups is 1. The summed E-state index contributed by atoms with van der Waals surface area (Å²) < 4.78 is 20.6. The van der Waals surface area contributed by atoms with Crippen molar-refractivity contribution in [1.29, 1.82) is 0 Å². The quantitative estimate of drug-likeness (QED) is 0.244. The molecule has 2 heterocycles. The third kappa shape index (κ3) is 5.32. The summed E-state index contributed by atoms with van der Waals surface area (Å²) >= 11 is 3.26. The SMILES string of the molecule is O=C1N[C@H](c2ccc(OCCO)cc2)C(=O)N1[C@@H](Cc1ccccc1)c1ncc(-c2ccc(Br)cc2F)[nH]1. The summed E-state index contributed by atoms with van der Waals surface area (Å²) in [5.74, 6) is 0.0492. The van der Waals surface area contributed by atoms with Gasteiger partial charge in [-0.05, 0) is 41.5 Å². The minimum atomic E-state index is -0.883. The number of aromatic nitrogens is 2. The Labute approximate surface area is 226 Å². The van der Waals surface area contributed by atoms with Gasteiger partial charge in [-0.3, -0.25) is 9.69 Å². The van der Waals surface area contributed by atoms with Gasteiger partial charge in [0.15, 0.2) is 0 Å². The summed E-state index contributed by atoms with van der Waals surface area (Å²) in [6.07, 6.45) is 1.82. The van der Waals surface area contributed by atoms with Gasteiger partial charge >= 0.3 is 6.03 Å². The number of carbonyl (C=O) groups excluding carboxylic acids is 2. The number of hydrogen-bond acceptors (Lipinski definition) is 5. The normalized spacial score (nSPS) is 16.0. The predicted molar refractivity (Wildman–Crippen MR) is 142 cm³/mol. The fraction of sp³-hybridized carbons (Fsp3) is 0.179. The van der Waals surface area contributed by atoms with Crippen LogP contribution in [0.15, 0.2) is 83.5 Å². The van der Waals surface area contributed by atoms with Crippen molar-refractivity contribution in [2.75, 3.05) is 13.2 Å². The van der Waals surface area contributed by atoms with Crippen molar-refractivity contribution in [2.45, 2.75) is 18.5 Å². The van der Waals surface area contributed by atoms with Crippen LogP contribution in [-0.2, 0) is 11.2 Å². The van der Waals surface area contributed by atoms with Crippen LogP contribution in [0.3, 0.4) is 0 Å². The Morgan fingerprint density at radius 3 is 2.55 bits per heavy atom. The number of H-pyrrole nitrogens is 1. The first-order chi connectivity index (χ1) is 18.4. The Bertz CT molecular complexity index is 1450. The number of amides is 3. The van der Waals surface area contributed by atoms with Gasteiger partial charge in [0, 0.05) is 16.5 Å². The average Bonchev–Trinajstić information content (AvgIpc) is 3.51. The van der Waals surface area contributed by atoms with Crippen LogP contribution in [0.4, 0.5) is 9.18 Å². The van der Waals surface area contributed by atoms with Gasteiger partial charge in [0.05, 0.1) is 18.5 Å². The average molecular weight is 579 g/mol. The molecule has 5 rings (SSSR count). The zero-order valence-corrected chi connectivity index (χ0v) is 21.7. The molecule has 8 nitrogen and oxygen atoms in total. The molecule has 0 radical (unpaired) electrons. The lowest BCUT2D eigenvalue weighted by Crippen LogP contribution is -2.36. The summed E-state index contributed by atoms with van der Waals surface area (Å²) in [7, 11) is 0. The molecular formula is C28H24BrFN4O4. The minimum Gasteiger partial charge on any atom is -0.491 e. The molecule has 4 aromatic rings. The second-order valence-electron chi connectivity index (χ2n) is 8.74. The summed E-state index contributed by atoms with van der Waals surface area (Å²) in [6, 6.07) is 18.8. The van der Waals surface area contributed by atoms with E-state index in [9.17, 15) is 14.0 Å². The van der Waals surface area contributed by atoms with E-state index in [-0.39, 0.29) is 13.2 Å². The van der Waals surface area contributed by atoms with Crippen molar-refractivity contribution in [3.63, 3.8) is 0 Å². The molecule has 3 aromatic carbocycles. The molecule has 1 fully saturated rings. The zero-order chi connectivity index (χ0) is 26.6. The lowest BCUT2D eigenvalue weighted by Gasteiger charge is -2.24. The maximum atomic E-state index is 14.6. The molecule has 2 atom stereocenters. The number of aliphatic hydroxyl groups excluding tert-OH is 1. The Morgan fingerprint density at radius 1 is 1.08 bits per heavy atom. The number of aliphatic hydroxyl groups is 1. The molecule has 0 unspecified atom stereocenters. The monoisotopic (exact) mass is 578 g/mol. The van der Waals surface area contributed by atoms with Gasteiger partial charge in [0.25, 0.3) is 5.91 Å². The zero-order valence-electron chi connectivity index (χ0n) is 20.1. The number of imidazole rings is 1. The molecular weight excluding hydrogens is 555 g/mol. The lowest BCUT2D eigenvalue weighted by atomic mass is 10.0. The minimum absolute atomic E-state index is 0.111. The Kier molecular flexibility index (Phi) is 7.52. The molecule has 10 heteroatoms. The van der Waals surface area contributed by atoms with E-state index in [4.69, 9.17) is 9.84 Å². The third-order valence-corrected chi connectivity index (χ3v) is 6.75. The number of nitrogens with one attached hydrogen (secondary N) is 2. The highest BCUT2D eigenvalue weighted by molar-refractivity contribution is 9.10. The van der Waals surface area contributed by atoms with Crippen molar-refractivity contribution in [2.24, 2.45) is 0 Å². The Morgan fingerprint density at radius 2 is 1.84 bits per heavy atom. The first-order valence-electron chi connectivity index (χ1n) is 12.0. The predicted octanol–water partition coefficient (Wildman–Crippen LogP) is 4.93. The number of imide groups is 1. The van der Waals surface area contributed by atoms with Crippen LogP contribution in [0, 0.1) is 5.82 Å². The van der Waals surface area contributed by atoms with Crippen molar-refractivity contribution in [1.82, 2.24) is 20.2 Å². The number of hydrogen-bond donors (Lipinski definition) is 3. The fourth-order valence-electron chi connectivity index (χ4n) is 4.43. The molecule has 0 spiro atoms. The molecule has 1 aliphatic rings. The molecule has 1 aromatic heterocycles. The lowest BCUT2D eigenvalue weighted by molar-refractivity contribution is -0.129. The molecule has 1 aliphatic heterocycles. The van der Waals surface area contributed by atoms with Gasteiger partial charge in [-0.2, -0.15) is 0 Å². The third-order valence-electron chi connectivity index (χ3n) is 6.26. The van der Waals surface area contributed by atoms with Gasteiger partial charge in [-0.25, -0.2) is 14.2 Å². The first kappa shape index (κ1) is 25.6. The molecule has 3 N–H and O–H groups in total.